The van der Waals surface area contributed by atoms with Crippen LogP contribution in [0.15, 0.2) is 18.5 Å². The summed E-state index contributed by atoms with van der Waals surface area (Å²) in [4.78, 5) is 32.1. The highest BCUT2D eigenvalue weighted by atomic mass is 16.5. The number of aromatic nitrogens is 4. The number of hydrogen-bond donors (Lipinski definition) is 3. The number of nitrogens with one attached hydrogen (secondary N) is 3. The van der Waals surface area contributed by atoms with Crippen molar-refractivity contribution < 1.29 is 14.3 Å². The molecule has 0 spiro atoms. The van der Waals surface area contributed by atoms with Gasteiger partial charge in [-0.1, -0.05) is 26.2 Å². The Morgan fingerprint density at radius 1 is 1.27 bits per heavy atom. The van der Waals surface area contributed by atoms with Crippen LogP contribution in [-0.2, 0) is 14.3 Å². The van der Waals surface area contributed by atoms with Gasteiger partial charge in [-0.05, 0) is 24.8 Å². The molecule has 30 heavy (non-hydrogen) atoms. The van der Waals surface area contributed by atoms with Gasteiger partial charge in [0.1, 0.15) is 5.65 Å². The standard InChI is InChI=1S/C21H28N6O3/c1-3-13-6-4-5-7-16(13)27-17-14-8-9-22-18(14)24-12-15(17)19(26-27)25-21(29)20(28)23-10-11-30-2/h8-9,12-13,16H,3-7,10-11H2,1-2H3,(H,22,24)(H,23,28)(H,25,26,29)/t13-,16+/m1/s1. The third kappa shape index (κ3) is 3.77. The van der Waals surface area contributed by atoms with Gasteiger partial charge in [0.15, 0.2) is 5.82 Å². The quantitative estimate of drug-likeness (QED) is 0.425. The Hall–Kier alpha value is -2.94. The first kappa shape index (κ1) is 20.3. The molecule has 0 aromatic carbocycles. The van der Waals surface area contributed by atoms with Crippen molar-refractivity contribution in [1.29, 1.82) is 0 Å². The number of methoxy groups -OCH3 is 1. The van der Waals surface area contributed by atoms with Crippen molar-refractivity contribution in [1.82, 2.24) is 25.1 Å². The molecule has 4 rings (SSSR count). The summed E-state index contributed by atoms with van der Waals surface area (Å²) in [5, 5.41) is 11.7. The molecule has 2 atom stereocenters. The Kier molecular flexibility index (Phi) is 5.98. The summed E-state index contributed by atoms with van der Waals surface area (Å²) in [5.74, 6) is -0.560. The lowest BCUT2D eigenvalue weighted by Crippen LogP contribution is -2.37. The number of hydrogen-bond acceptors (Lipinski definition) is 5. The number of aromatic amines is 1. The van der Waals surface area contributed by atoms with Crippen LogP contribution in [0.1, 0.15) is 45.1 Å². The van der Waals surface area contributed by atoms with E-state index in [9.17, 15) is 9.59 Å². The molecule has 1 saturated carbocycles. The Balaban J connectivity index is 1.72. The van der Waals surface area contributed by atoms with E-state index in [0.29, 0.717) is 18.3 Å². The smallest absolute Gasteiger partial charge is 0.314 e. The van der Waals surface area contributed by atoms with E-state index in [4.69, 9.17) is 9.84 Å². The van der Waals surface area contributed by atoms with Gasteiger partial charge in [-0.15, -0.1) is 0 Å². The molecule has 0 bridgehead atoms. The summed E-state index contributed by atoms with van der Waals surface area (Å²) in [5.41, 5.74) is 1.73. The molecule has 3 N–H and O–H groups in total. The minimum Gasteiger partial charge on any atom is -0.383 e. The fourth-order valence-electron chi connectivity index (χ4n) is 4.46. The average molecular weight is 412 g/mol. The normalized spacial score (nSPS) is 19.3. The summed E-state index contributed by atoms with van der Waals surface area (Å²) in [7, 11) is 1.54. The van der Waals surface area contributed by atoms with Crippen molar-refractivity contribution in [3.05, 3.63) is 18.5 Å². The van der Waals surface area contributed by atoms with Gasteiger partial charge in [0.05, 0.1) is 23.6 Å². The summed E-state index contributed by atoms with van der Waals surface area (Å²) in [6.07, 6.45) is 9.26. The van der Waals surface area contributed by atoms with E-state index in [1.165, 1.54) is 20.0 Å². The number of pyridine rings is 1. The number of H-pyrrole nitrogens is 1. The lowest BCUT2D eigenvalue weighted by Gasteiger charge is -2.31. The van der Waals surface area contributed by atoms with Crippen molar-refractivity contribution in [2.24, 2.45) is 5.92 Å². The molecule has 3 heterocycles. The molecule has 9 heteroatoms. The zero-order valence-corrected chi connectivity index (χ0v) is 17.4. The van der Waals surface area contributed by atoms with E-state index in [0.717, 1.165) is 41.2 Å². The van der Waals surface area contributed by atoms with Crippen molar-refractivity contribution in [2.75, 3.05) is 25.6 Å². The fourth-order valence-corrected chi connectivity index (χ4v) is 4.46. The van der Waals surface area contributed by atoms with Gasteiger partial charge in [-0.25, -0.2) is 4.98 Å². The van der Waals surface area contributed by atoms with Crippen LogP contribution in [0.4, 0.5) is 5.82 Å². The predicted octanol–water partition coefficient (Wildman–Crippen LogP) is 2.75. The molecule has 1 aliphatic carbocycles. The van der Waals surface area contributed by atoms with Gasteiger partial charge in [0.2, 0.25) is 0 Å². The minimum atomic E-state index is -0.748. The fraction of sp³-hybridized carbons (Fsp3) is 0.524. The van der Waals surface area contributed by atoms with Gasteiger partial charge in [-0.3, -0.25) is 14.3 Å². The zero-order chi connectivity index (χ0) is 21.1. The molecule has 9 nitrogen and oxygen atoms in total. The number of carbonyl (C=O) groups is 2. The van der Waals surface area contributed by atoms with Crippen molar-refractivity contribution in [2.45, 2.75) is 45.1 Å². The molecule has 3 aromatic rings. The number of fused-ring (bicyclic) bond motifs is 3. The Morgan fingerprint density at radius 3 is 2.90 bits per heavy atom. The number of ether oxygens (including phenoxy) is 1. The van der Waals surface area contributed by atoms with Gasteiger partial charge in [0, 0.05) is 31.4 Å². The lowest BCUT2D eigenvalue weighted by molar-refractivity contribution is -0.136. The Labute approximate surface area is 174 Å². The van der Waals surface area contributed by atoms with Gasteiger partial charge < -0.3 is 20.4 Å². The first-order chi connectivity index (χ1) is 14.6. The van der Waals surface area contributed by atoms with E-state index in [-0.39, 0.29) is 12.6 Å². The van der Waals surface area contributed by atoms with Crippen LogP contribution >= 0.6 is 0 Å². The predicted molar refractivity (Wildman–Crippen MR) is 114 cm³/mol. The second kappa shape index (κ2) is 8.83. The summed E-state index contributed by atoms with van der Waals surface area (Å²) >= 11 is 0. The maximum Gasteiger partial charge on any atom is 0.314 e. The van der Waals surface area contributed by atoms with Crippen LogP contribution in [0.5, 0.6) is 0 Å². The average Bonchev–Trinajstić information content (AvgIpc) is 3.38. The highest BCUT2D eigenvalue weighted by Crippen LogP contribution is 2.40. The first-order valence-electron chi connectivity index (χ1n) is 10.6. The number of anilines is 1. The molecule has 3 aromatic heterocycles. The van der Waals surface area contributed by atoms with Crippen LogP contribution in [-0.4, -0.2) is 51.8 Å². The number of nitrogens with zero attached hydrogens (tertiary/aromatic N) is 3. The second-order valence-corrected chi connectivity index (χ2v) is 7.78. The number of rotatable bonds is 6. The Morgan fingerprint density at radius 2 is 2.10 bits per heavy atom. The molecular formula is C21H28N6O3. The second-order valence-electron chi connectivity index (χ2n) is 7.78. The first-order valence-corrected chi connectivity index (χ1v) is 10.6. The highest BCUT2D eigenvalue weighted by molar-refractivity contribution is 6.40. The molecule has 0 aliphatic heterocycles. The molecule has 1 aliphatic rings. The molecule has 1 fully saturated rings. The van der Waals surface area contributed by atoms with E-state index in [2.05, 4.69) is 32.2 Å². The molecule has 0 radical (unpaired) electrons. The van der Waals surface area contributed by atoms with Gasteiger partial charge in [0.25, 0.3) is 0 Å². The monoisotopic (exact) mass is 412 g/mol. The van der Waals surface area contributed by atoms with E-state index >= 15 is 0 Å². The van der Waals surface area contributed by atoms with Gasteiger partial charge >= 0.3 is 11.8 Å². The van der Waals surface area contributed by atoms with E-state index in [1.807, 2.05) is 12.3 Å². The number of amides is 2. The van der Waals surface area contributed by atoms with Crippen LogP contribution in [0.2, 0.25) is 0 Å². The van der Waals surface area contributed by atoms with Crippen molar-refractivity contribution >= 4 is 39.6 Å². The number of carbonyl (C=O) groups excluding carboxylic acids is 2. The zero-order valence-electron chi connectivity index (χ0n) is 17.4. The third-order valence-electron chi connectivity index (χ3n) is 5.99. The lowest BCUT2D eigenvalue weighted by atomic mass is 9.83. The summed E-state index contributed by atoms with van der Waals surface area (Å²) < 4.78 is 6.95. The summed E-state index contributed by atoms with van der Waals surface area (Å²) in [6.45, 7) is 2.82. The van der Waals surface area contributed by atoms with Crippen molar-refractivity contribution in [3.8, 4) is 0 Å². The maximum absolute atomic E-state index is 12.4. The maximum atomic E-state index is 12.4. The summed E-state index contributed by atoms with van der Waals surface area (Å²) in [6, 6.07) is 2.24. The SMILES string of the molecule is CC[C@@H]1CCCC[C@@H]1n1nc(NC(=O)C(=O)NCCOC)c2cnc3[nH]ccc3c21. The molecular weight excluding hydrogens is 384 g/mol. The Bertz CT molecular complexity index is 1060. The largest absolute Gasteiger partial charge is 0.383 e. The molecule has 0 unspecified atom stereocenters. The topological polar surface area (TPSA) is 114 Å². The van der Waals surface area contributed by atoms with E-state index in [1.54, 1.807) is 6.20 Å². The minimum absolute atomic E-state index is 0.257. The molecule has 2 amide bonds. The molecule has 160 valence electrons. The van der Waals surface area contributed by atoms with Gasteiger partial charge in [-0.2, -0.15) is 5.10 Å². The highest BCUT2D eigenvalue weighted by Gasteiger charge is 2.29. The van der Waals surface area contributed by atoms with Crippen molar-refractivity contribution in [3.63, 3.8) is 0 Å². The molecule has 0 saturated heterocycles. The van der Waals surface area contributed by atoms with Crippen LogP contribution in [0.25, 0.3) is 21.9 Å². The van der Waals surface area contributed by atoms with Crippen LogP contribution in [0, 0.1) is 5.92 Å². The van der Waals surface area contributed by atoms with E-state index < -0.39 is 11.8 Å². The van der Waals surface area contributed by atoms with Crippen LogP contribution in [0.3, 0.4) is 0 Å². The van der Waals surface area contributed by atoms with Crippen LogP contribution < -0.4 is 10.6 Å². The third-order valence-corrected chi connectivity index (χ3v) is 5.99.